The van der Waals surface area contributed by atoms with Gasteiger partial charge < -0.3 is 9.80 Å². The molecule has 0 saturated heterocycles. The smallest absolute Gasteiger partial charge is 0.0540 e. The molecule has 0 saturated carbocycles. The maximum Gasteiger partial charge on any atom is 0.0540 e. The Morgan fingerprint density at radius 2 is 0.659 bits per heavy atom. The van der Waals surface area contributed by atoms with Gasteiger partial charge in [0.05, 0.1) is 11.4 Å². The molecule has 2 nitrogen and oxygen atoms in total. The first-order chi connectivity index (χ1) is 39.6. The fourth-order valence-corrected chi connectivity index (χ4v) is 15.5. The quantitative estimate of drug-likeness (QED) is 0.0493. The molecule has 0 aromatic heterocycles. The zero-order valence-electron chi connectivity index (χ0n) is 51.5. The Kier molecular flexibility index (Phi) is 16.5. The molecule has 11 rings (SSSR count). The van der Waals surface area contributed by atoms with E-state index >= 15 is 0 Å². The summed E-state index contributed by atoms with van der Waals surface area (Å²) >= 11 is 0. The molecular formula is C80H92N2. The monoisotopic (exact) mass is 1080 g/mol. The lowest BCUT2D eigenvalue weighted by Gasteiger charge is -2.30. The molecule has 2 aliphatic rings. The van der Waals surface area contributed by atoms with Crippen LogP contribution in [0.5, 0.6) is 0 Å². The molecule has 0 bridgehead atoms. The van der Waals surface area contributed by atoms with Crippen LogP contribution >= 0.6 is 0 Å². The first kappa shape index (κ1) is 56.9. The molecule has 422 valence electrons. The fourth-order valence-electron chi connectivity index (χ4n) is 15.5. The molecule has 9 aromatic rings. The highest BCUT2D eigenvalue weighted by Gasteiger charge is 2.43. The third-order valence-corrected chi connectivity index (χ3v) is 19.1. The minimum Gasteiger partial charge on any atom is -0.310 e. The van der Waals surface area contributed by atoms with Crippen molar-refractivity contribution in [3.05, 3.63) is 215 Å². The Bertz CT molecular complexity index is 3440. The van der Waals surface area contributed by atoms with Crippen molar-refractivity contribution in [1.29, 1.82) is 0 Å². The zero-order valence-corrected chi connectivity index (χ0v) is 51.5. The lowest BCUT2D eigenvalue weighted by Crippen LogP contribution is -2.18. The van der Waals surface area contributed by atoms with Gasteiger partial charge in [-0.2, -0.15) is 0 Å². The fraction of sp³-hybridized carbons (Fsp3) is 0.375. The number of hydrogen-bond donors (Lipinski definition) is 0. The molecule has 0 atom stereocenters. The van der Waals surface area contributed by atoms with Crippen LogP contribution in [0.1, 0.15) is 193 Å². The van der Waals surface area contributed by atoms with Crippen LogP contribution in [0.15, 0.2) is 182 Å². The van der Waals surface area contributed by atoms with Crippen LogP contribution in [0.2, 0.25) is 0 Å². The molecule has 0 radical (unpaired) electrons. The summed E-state index contributed by atoms with van der Waals surface area (Å²) in [6, 6.07) is 70.2. The summed E-state index contributed by atoms with van der Waals surface area (Å²) in [4.78, 5) is 5.09. The molecule has 0 unspecified atom stereocenters. The normalized spacial score (nSPS) is 15.4. The zero-order chi connectivity index (χ0) is 57.2. The largest absolute Gasteiger partial charge is 0.310 e. The van der Waals surface area contributed by atoms with Crippen molar-refractivity contribution in [2.75, 3.05) is 9.80 Å². The van der Waals surface area contributed by atoms with Gasteiger partial charge in [0.2, 0.25) is 0 Å². The average molecular weight is 1080 g/mol. The van der Waals surface area contributed by atoms with E-state index in [0.29, 0.717) is 0 Å². The van der Waals surface area contributed by atoms with Gasteiger partial charge in [-0.1, -0.05) is 255 Å². The molecule has 0 spiro atoms. The summed E-state index contributed by atoms with van der Waals surface area (Å²) < 4.78 is 0. The maximum atomic E-state index is 2.59. The van der Waals surface area contributed by atoms with Crippen LogP contribution in [-0.4, -0.2) is 0 Å². The first-order valence-electron chi connectivity index (χ1n) is 31.8. The number of benzene rings is 9. The number of rotatable bonds is 22. The minimum atomic E-state index is 0.104. The first-order valence-corrected chi connectivity index (χ1v) is 31.8. The second kappa shape index (κ2) is 23.8. The van der Waals surface area contributed by atoms with Crippen molar-refractivity contribution in [3.8, 4) is 22.3 Å². The van der Waals surface area contributed by atoms with Gasteiger partial charge in [-0.05, 0) is 187 Å². The highest BCUT2D eigenvalue weighted by molar-refractivity contribution is 6.13. The summed E-state index contributed by atoms with van der Waals surface area (Å²) in [6.07, 6.45) is 19.7. The van der Waals surface area contributed by atoms with Crippen molar-refractivity contribution >= 4 is 55.7 Å². The van der Waals surface area contributed by atoms with E-state index in [-0.39, 0.29) is 21.7 Å². The molecule has 82 heavy (non-hydrogen) atoms. The second-order valence-electron chi connectivity index (χ2n) is 27.2. The standard InChI is InChI=1S/C80H92N2/c1-11-13-15-17-19-27-39-65-66(40-28-20-18-16-14-12-2)70-54-62(82(60-35-25-22-26-36-60)76-42-32-30-38-64(76)58-44-50-72-74(52-58)80(9,10)56-78(72,5)6)46-48-68(70)67-47-45-61(53-69(65)67)81(59-33-23-21-24-34-59)75-41-31-29-37-63(75)57-43-49-71-73(51-57)79(7,8)55-77(71,3)4/h21-26,29-38,41-54H,11-20,27-28,39-40,55-56H2,1-10H3. The Morgan fingerprint density at radius 1 is 0.305 bits per heavy atom. The highest BCUT2D eigenvalue weighted by Crippen LogP contribution is 2.54. The summed E-state index contributed by atoms with van der Waals surface area (Å²) in [5, 5.41) is 5.50. The Labute approximate surface area is 494 Å². The summed E-state index contributed by atoms with van der Waals surface area (Å²) in [7, 11) is 0. The predicted molar refractivity (Wildman–Crippen MR) is 357 cm³/mol. The molecule has 0 fully saturated rings. The maximum absolute atomic E-state index is 2.59. The molecule has 2 aliphatic carbocycles. The average Bonchev–Trinajstić information content (AvgIpc) is 3.99. The number of unbranched alkanes of at least 4 members (excludes halogenated alkanes) is 10. The second-order valence-corrected chi connectivity index (χ2v) is 27.2. The SMILES string of the molecule is CCCCCCCCc1c(CCCCCCCC)c2cc(N(c3ccccc3)c3ccccc3-c3ccc4c(c3)C(C)(C)CC4(C)C)ccc2c2ccc(N(c3ccccc3)c3ccccc3-c3ccc4c(c3)C(C)(C)CC4(C)C)cc12. The molecular weight excluding hydrogens is 989 g/mol. The molecule has 0 heterocycles. The van der Waals surface area contributed by atoms with Gasteiger partial charge in [-0.3, -0.25) is 0 Å². The van der Waals surface area contributed by atoms with E-state index in [2.05, 4.69) is 261 Å². The van der Waals surface area contributed by atoms with Crippen molar-refractivity contribution in [2.45, 2.75) is 194 Å². The molecule has 2 heteroatoms. The van der Waals surface area contributed by atoms with Gasteiger partial charge >= 0.3 is 0 Å². The third-order valence-electron chi connectivity index (χ3n) is 19.1. The van der Waals surface area contributed by atoms with Gasteiger partial charge in [0.1, 0.15) is 0 Å². The van der Waals surface area contributed by atoms with Crippen molar-refractivity contribution < 1.29 is 0 Å². The number of anilines is 6. The third kappa shape index (κ3) is 11.3. The summed E-state index contributed by atoms with van der Waals surface area (Å²) in [6.45, 7) is 24.1. The van der Waals surface area contributed by atoms with E-state index in [9.17, 15) is 0 Å². The molecule has 0 aliphatic heterocycles. The van der Waals surface area contributed by atoms with Crippen LogP contribution in [0.4, 0.5) is 34.1 Å². The number of hydrogen-bond acceptors (Lipinski definition) is 2. The highest BCUT2D eigenvalue weighted by atomic mass is 15.2. The van der Waals surface area contributed by atoms with Gasteiger partial charge in [0.25, 0.3) is 0 Å². The topological polar surface area (TPSA) is 6.48 Å². The predicted octanol–water partition coefficient (Wildman–Crippen LogP) is 24.0. The van der Waals surface area contributed by atoms with E-state index in [4.69, 9.17) is 0 Å². The van der Waals surface area contributed by atoms with Crippen LogP contribution in [0, 0.1) is 0 Å². The van der Waals surface area contributed by atoms with Crippen LogP contribution in [-0.2, 0) is 34.5 Å². The van der Waals surface area contributed by atoms with Gasteiger partial charge in [-0.15, -0.1) is 0 Å². The number of para-hydroxylation sites is 4. The van der Waals surface area contributed by atoms with Crippen molar-refractivity contribution in [3.63, 3.8) is 0 Å². The van der Waals surface area contributed by atoms with Gasteiger partial charge in [0, 0.05) is 33.9 Å². The summed E-state index contributed by atoms with van der Waals surface area (Å²) in [5.74, 6) is 0. The van der Waals surface area contributed by atoms with Crippen LogP contribution < -0.4 is 9.80 Å². The number of fused-ring (bicyclic) bond motifs is 5. The number of nitrogens with zero attached hydrogens (tertiary/aromatic N) is 2. The minimum absolute atomic E-state index is 0.104. The Morgan fingerprint density at radius 3 is 1.06 bits per heavy atom. The Balaban J connectivity index is 1.10. The summed E-state index contributed by atoms with van der Waals surface area (Å²) in [5.41, 5.74) is 21.7. The van der Waals surface area contributed by atoms with Crippen molar-refractivity contribution in [2.24, 2.45) is 0 Å². The van der Waals surface area contributed by atoms with E-state index in [1.807, 2.05) is 0 Å². The van der Waals surface area contributed by atoms with Gasteiger partial charge in [-0.25, -0.2) is 0 Å². The van der Waals surface area contributed by atoms with E-state index in [1.54, 1.807) is 11.1 Å². The van der Waals surface area contributed by atoms with Crippen LogP contribution in [0.25, 0.3) is 43.8 Å². The lowest BCUT2D eigenvalue weighted by atomic mass is 9.82. The number of aryl methyl sites for hydroxylation is 2. The van der Waals surface area contributed by atoms with E-state index in [1.165, 1.54) is 177 Å². The van der Waals surface area contributed by atoms with Crippen molar-refractivity contribution in [1.82, 2.24) is 0 Å². The lowest BCUT2D eigenvalue weighted by molar-refractivity contribution is 0.402. The molecule has 0 N–H and O–H groups in total. The van der Waals surface area contributed by atoms with E-state index < -0.39 is 0 Å². The van der Waals surface area contributed by atoms with Gasteiger partial charge in [0.15, 0.2) is 0 Å². The molecule has 9 aromatic carbocycles. The Hall–Kier alpha value is -6.90. The van der Waals surface area contributed by atoms with Crippen LogP contribution in [0.3, 0.4) is 0 Å². The van der Waals surface area contributed by atoms with E-state index in [0.717, 1.165) is 25.7 Å². The molecule has 0 amide bonds.